The molecule has 0 saturated carbocycles. The first-order valence-electron chi connectivity index (χ1n) is 9.88. The molecule has 3 aromatic carbocycles. The number of hydrogen-bond acceptors (Lipinski definition) is 3. The van der Waals surface area contributed by atoms with Gasteiger partial charge in [-0.25, -0.2) is 13.6 Å². The van der Waals surface area contributed by atoms with Gasteiger partial charge in [0.25, 0.3) is 0 Å². The van der Waals surface area contributed by atoms with E-state index in [-0.39, 0.29) is 18.1 Å². The SMILES string of the molecule is CC(C)OC(=O)/C=C/c1cccc(CC(=O)c2cc(-c3cccc(F)c3)ccc2F)c1. The largest absolute Gasteiger partial charge is 0.460 e. The second kappa shape index (κ2) is 9.94. The maximum Gasteiger partial charge on any atom is 0.331 e. The van der Waals surface area contributed by atoms with Crippen molar-refractivity contribution < 1.29 is 23.1 Å². The fourth-order valence-corrected chi connectivity index (χ4v) is 3.11. The van der Waals surface area contributed by atoms with E-state index in [0.29, 0.717) is 16.7 Å². The van der Waals surface area contributed by atoms with Crippen molar-refractivity contribution in [1.29, 1.82) is 0 Å². The number of ketones is 1. The Labute approximate surface area is 180 Å². The number of rotatable bonds is 7. The highest BCUT2D eigenvalue weighted by Gasteiger charge is 2.14. The summed E-state index contributed by atoms with van der Waals surface area (Å²) in [5, 5.41) is 0. The Morgan fingerprint density at radius 2 is 1.68 bits per heavy atom. The fourth-order valence-electron chi connectivity index (χ4n) is 3.11. The van der Waals surface area contributed by atoms with Crippen molar-refractivity contribution in [1.82, 2.24) is 0 Å². The smallest absolute Gasteiger partial charge is 0.331 e. The maximum absolute atomic E-state index is 14.4. The lowest BCUT2D eigenvalue weighted by Gasteiger charge is -2.08. The van der Waals surface area contributed by atoms with E-state index < -0.39 is 23.4 Å². The van der Waals surface area contributed by atoms with Crippen LogP contribution in [0.4, 0.5) is 8.78 Å². The van der Waals surface area contributed by atoms with Crippen LogP contribution in [-0.2, 0) is 16.0 Å². The summed E-state index contributed by atoms with van der Waals surface area (Å²) in [7, 11) is 0. The van der Waals surface area contributed by atoms with Gasteiger partial charge in [-0.3, -0.25) is 4.79 Å². The summed E-state index contributed by atoms with van der Waals surface area (Å²) < 4.78 is 32.9. The molecule has 0 N–H and O–H groups in total. The van der Waals surface area contributed by atoms with E-state index in [0.717, 1.165) is 5.56 Å². The summed E-state index contributed by atoms with van der Waals surface area (Å²) in [6, 6.07) is 17.2. The van der Waals surface area contributed by atoms with Crippen LogP contribution in [0.25, 0.3) is 17.2 Å². The highest BCUT2D eigenvalue weighted by molar-refractivity contribution is 5.99. The molecule has 0 aliphatic carbocycles. The van der Waals surface area contributed by atoms with Crippen LogP contribution in [0.1, 0.15) is 35.3 Å². The van der Waals surface area contributed by atoms with Crippen LogP contribution < -0.4 is 0 Å². The average molecular weight is 420 g/mol. The molecule has 3 aromatic rings. The second-order valence-corrected chi connectivity index (χ2v) is 7.37. The van der Waals surface area contributed by atoms with Crippen molar-refractivity contribution in [2.75, 3.05) is 0 Å². The van der Waals surface area contributed by atoms with Gasteiger partial charge in [0, 0.05) is 12.5 Å². The predicted octanol–water partition coefficient (Wildman–Crippen LogP) is 6.02. The number of benzene rings is 3. The number of Topliss-reactive ketones (excluding diaryl/α,β-unsaturated/α-hetero) is 1. The van der Waals surface area contributed by atoms with Gasteiger partial charge in [-0.1, -0.05) is 42.5 Å². The van der Waals surface area contributed by atoms with Gasteiger partial charge in [0.1, 0.15) is 11.6 Å². The second-order valence-electron chi connectivity index (χ2n) is 7.37. The molecule has 0 aliphatic heterocycles. The van der Waals surface area contributed by atoms with E-state index in [1.54, 1.807) is 56.3 Å². The van der Waals surface area contributed by atoms with Crippen LogP contribution in [0, 0.1) is 11.6 Å². The third-order valence-electron chi connectivity index (χ3n) is 4.50. The molecule has 0 radical (unpaired) electrons. The lowest BCUT2D eigenvalue weighted by molar-refractivity contribution is -0.141. The van der Waals surface area contributed by atoms with Gasteiger partial charge in [0.15, 0.2) is 5.78 Å². The molecule has 0 saturated heterocycles. The molecular weight excluding hydrogens is 398 g/mol. The Hall–Kier alpha value is -3.60. The monoisotopic (exact) mass is 420 g/mol. The lowest BCUT2D eigenvalue weighted by atomic mass is 9.97. The quantitative estimate of drug-likeness (QED) is 0.267. The van der Waals surface area contributed by atoms with Crippen molar-refractivity contribution in [3.63, 3.8) is 0 Å². The first-order valence-corrected chi connectivity index (χ1v) is 9.88. The van der Waals surface area contributed by atoms with E-state index in [1.165, 1.54) is 36.4 Å². The molecule has 0 bridgehead atoms. The third kappa shape index (κ3) is 6.19. The van der Waals surface area contributed by atoms with Gasteiger partial charge in [0.2, 0.25) is 0 Å². The molecule has 0 atom stereocenters. The standard InChI is InChI=1S/C26H22F2O3/c1-17(2)31-26(30)12-9-18-5-3-6-19(13-18)14-25(29)23-16-21(10-11-24(23)28)20-7-4-8-22(27)15-20/h3-13,15-17H,14H2,1-2H3/b12-9+. The molecule has 0 heterocycles. The normalized spacial score (nSPS) is 11.1. The van der Waals surface area contributed by atoms with E-state index in [4.69, 9.17) is 4.74 Å². The van der Waals surface area contributed by atoms with Crippen LogP contribution in [0.2, 0.25) is 0 Å². The number of ether oxygens (including phenoxy) is 1. The van der Waals surface area contributed by atoms with Crippen molar-refractivity contribution in [2.24, 2.45) is 0 Å². The van der Waals surface area contributed by atoms with E-state index in [1.807, 2.05) is 0 Å². The predicted molar refractivity (Wildman–Crippen MR) is 117 cm³/mol. The number of carbonyl (C=O) groups is 2. The van der Waals surface area contributed by atoms with Crippen molar-refractivity contribution in [2.45, 2.75) is 26.4 Å². The molecule has 0 aliphatic rings. The van der Waals surface area contributed by atoms with Crippen LogP contribution in [0.5, 0.6) is 0 Å². The van der Waals surface area contributed by atoms with E-state index >= 15 is 0 Å². The minimum atomic E-state index is -0.627. The molecule has 0 unspecified atom stereocenters. The van der Waals surface area contributed by atoms with Crippen molar-refractivity contribution in [3.8, 4) is 11.1 Å². The minimum Gasteiger partial charge on any atom is -0.460 e. The summed E-state index contributed by atoms with van der Waals surface area (Å²) in [5.74, 6) is -1.88. The number of esters is 1. The van der Waals surface area contributed by atoms with E-state index in [9.17, 15) is 18.4 Å². The zero-order chi connectivity index (χ0) is 22.4. The summed E-state index contributed by atoms with van der Waals surface area (Å²) in [4.78, 5) is 24.4. The summed E-state index contributed by atoms with van der Waals surface area (Å²) in [6.07, 6.45) is 2.70. The van der Waals surface area contributed by atoms with Crippen LogP contribution in [0.3, 0.4) is 0 Å². The number of halogens is 2. The molecule has 31 heavy (non-hydrogen) atoms. The van der Waals surface area contributed by atoms with Gasteiger partial charge >= 0.3 is 5.97 Å². The van der Waals surface area contributed by atoms with Crippen molar-refractivity contribution >= 4 is 17.8 Å². The van der Waals surface area contributed by atoms with Gasteiger partial charge in [-0.15, -0.1) is 0 Å². The summed E-state index contributed by atoms with van der Waals surface area (Å²) in [6.45, 7) is 3.53. The Morgan fingerprint density at radius 3 is 2.42 bits per heavy atom. The first kappa shape index (κ1) is 22.1. The van der Waals surface area contributed by atoms with Crippen LogP contribution >= 0.6 is 0 Å². The molecule has 0 spiro atoms. The Balaban J connectivity index is 1.78. The Morgan fingerprint density at radius 1 is 0.935 bits per heavy atom. The molecule has 3 nitrogen and oxygen atoms in total. The maximum atomic E-state index is 14.4. The zero-order valence-electron chi connectivity index (χ0n) is 17.3. The van der Waals surface area contributed by atoms with Crippen LogP contribution in [-0.4, -0.2) is 17.9 Å². The van der Waals surface area contributed by atoms with Gasteiger partial charge < -0.3 is 4.74 Å². The third-order valence-corrected chi connectivity index (χ3v) is 4.50. The Bertz CT molecular complexity index is 1130. The van der Waals surface area contributed by atoms with Gasteiger partial charge in [-0.05, 0) is 66.4 Å². The zero-order valence-corrected chi connectivity index (χ0v) is 17.3. The lowest BCUT2D eigenvalue weighted by Crippen LogP contribution is -2.08. The highest BCUT2D eigenvalue weighted by atomic mass is 19.1. The van der Waals surface area contributed by atoms with Crippen LogP contribution in [0.15, 0.2) is 72.8 Å². The Kier molecular flexibility index (Phi) is 7.08. The van der Waals surface area contributed by atoms with Gasteiger partial charge in [-0.2, -0.15) is 0 Å². The first-order chi connectivity index (χ1) is 14.8. The number of hydrogen-bond donors (Lipinski definition) is 0. The molecule has 158 valence electrons. The molecule has 0 aromatic heterocycles. The topological polar surface area (TPSA) is 43.4 Å². The summed E-state index contributed by atoms with van der Waals surface area (Å²) in [5.41, 5.74) is 2.47. The molecule has 0 amide bonds. The molecule has 5 heteroatoms. The van der Waals surface area contributed by atoms with Crippen molar-refractivity contribution in [3.05, 3.63) is 101 Å². The number of carbonyl (C=O) groups excluding carboxylic acids is 2. The average Bonchev–Trinajstić information content (AvgIpc) is 2.72. The summed E-state index contributed by atoms with van der Waals surface area (Å²) >= 11 is 0. The molecule has 0 fully saturated rings. The fraction of sp³-hybridized carbons (Fsp3) is 0.154. The highest BCUT2D eigenvalue weighted by Crippen LogP contribution is 2.24. The van der Waals surface area contributed by atoms with E-state index in [2.05, 4.69) is 0 Å². The van der Waals surface area contributed by atoms with Gasteiger partial charge in [0.05, 0.1) is 11.7 Å². The minimum absolute atomic E-state index is 0.0123. The molecule has 3 rings (SSSR count). The molecular formula is C26H22F2O3.